The van der Waals surface area contributed by atoms with Crippen LogP contribution in [0.4, 0.5) is 0 Å². The molecule has 0 amide bonds. The molecule has 1 rings (SSSR count). The summed E-state index contributed by atoms with van der Waals surface area (Å²) < 4.78 is 5.24. The monoisotopic (exact) mass is 346 g/mol. The summed E-state index contributed by atoms with van der Waals surface area (Å²) in [5.41, 5.74) is 0.488. The summed E-state index contributed by atoms with van der Waals surface area (Å²) in [5.74, 6) is -0.156. The Bertz CT molecular complexity index is 477. The first-order valence-electron chi connectivity index (χ1n) is 9.85. The molecule has 0 radical (unpaired) electrons. The van der Waals surface area contributed by atoms with E-state index < -0.39 is 0 Å². The van der Waals surface area contributed by atoms with Gasteiger partial charge in [0.05, 0.1) is 12.2 Å². The van der Waals surface area contributed by atoms with Gasteiger partial charge in [-0.1, -0.05) is 64.0 Å². The number of aromatic hydroxyl groups is 1. The van der Waals surface area contributed by atoms with Gasteiger partial charge in [-0.25, -0.2) is 4.79 Å². The lowest BCUT2D eigenvalue weighted by molar-refractivity contribution is 0.0497. The Morgan fingerprint density at radius 2 is 1.44 bits per heavy atom. The highest BCUT2D eigenvalue weighted by Gasteiger charge is 2.06. The summed E-state index contributed by atoms with van der Waals surface area (Å²) in [4.78, 5) is 11.8. The third-order valence-corrected chi connectivity index (χ3v) is 4.24. The second kappa shape index (κ2) is 14.6. The molecule has 0 bridgehead atoms. The molecule has 0 aliphatic carbocycles. The highest BCUT2D eigenvalue weighted by molar-refractivity contribution is 5.89. The van der Waals surface area contributed by atoms with Crippen molar-refractivity contribution in [3.63, 3.8) is 0 Å². The van der Waals surface area contributed by atoms with E-state index in [2.05, 4.69) is 19.1 Å². The second-order valence-electron chi connectivity index (χ2n) is 6.56. The predicted octanol–water partition coefficient (Wildman–Crippen LogP) is 6.42. The average molecular weight is 347 g/mol. The molecule has 25 heavy (non-hydrogen) atoms. The third-order valence-electron chi connectivity index (χ3n) is 4.24. The Labute approximate surface area is 153 Å². The van der Waals surface area contributed by atoms with Crippen molar-refractivity contribution < 1.29 is 14.6 Å². The SMILES string of the molecule is CCCC/C=C/CCCCCCCCCOC(=O)c1ccc(O)cc1. The largest absolute Gasteiger partial charge is 0.508 e. The van der Waals surface area contributed by atoms with E-state index in [9.17, 15) is 9.90 Å². The Morgan fingerprint density at radius 1 is 0.880 bits per heavy atom. The molecule has 0 unspecified atom stereocenters. The fourth-order valence-corrected chi connectivity index (χ4v) is 2.65. The van der Waals surface area contributed by atoms with Gasteiger partial charge in [0.15, 0.2) is 0 Å². The van der Waals surface area contributed by atoms with Crippen LogP contribution in [0.15, 0.2) is 36.4 Å². The molecule has 3 nitrogen and oxygen atoms in total. The van der Waals surface area contributed by atoms with Gasteiger partial charge >= 0.3 is 5.97 Å². The molecule has 1 N–H and O–H groups in total. The van der Waals surface area contributed by atoms with E-state index in [4.69, 9.17) is 4.74 Å². The summed E-state index contributed by atoms with van der Waals surface area (Å²) in [6.07, 6.45) is 18.1. The maximum absolute atomic E-state index is 11.8. The first kappa shape index (κ1) is 21.3. The minimum Gasteiger partial charge on any atom is -0.508 e. The van der Waals surface area contributed by atoms with Crippen molar-refractivity contribution in [2.75, 3.05) is 6.61 Å². The zero-order valence-electron chi connectivity index (χ0n) is 15.7. The van der Waals surface area contributed by atoms with Crippen LogP contribution in [0, 0.1) is 0 Å². The van der Waals surface area contributed by atoms with E-state index in [1.54, 1.807) is 12.1 Å². The van der Waals surface area contributed by atoms with Crippen LogP contribution < -0.4 is 0 Å². The highest BCUT2D eigenvalue weighted by atomic mass is 16.5. The lowest BCUT2D eigenvalue weighted by Gasteiger charge is -2.05. The summed E-state index contributed by atoms with van der Waals surface area (Å²) in [7, 11) is 0. The van der Waals surface area contributed by atoms with Crippen LogP contribution in [0.5, 0.6) is 5.75 Å². The second-order valence-corrected chi connectivity index (χ2v) is 6.56. The summed E-state index contributed by atoms with van der Waals surface area (Å²) in [6.45, 7) is 2.70. The number of unbranched alkanes of at least 4 members (excludes halogenated alkanes) is 9. The molecule has 0 heterocycles. The number of carbonyl (C=O) groups excluding carboxylic acids is 1. The van der Waals surface area contributed by atoms with Gasteiger partial charge in [-0.3, -0.25) is 0 Å². The zero-order chi connectivity index (χ0) is 18.2. The lowest BCUT2D eigenvalue weighted by atomic mass is 10.1. The molecule has 3 heteroatoms. The van der Waals surface area contributed by atoms with Crippen molar-refractivity contribution in [3.05, 3.63) is 42.0 Å². The molecule has 0 atom stereocenters. The fraction of sp³-hybridized carbons (Fsp3) is 0.591. The van der Waals surface area contributed by atoms with Crippen molar-refractivity contribution in [2.45, 2.75) is 77.6 Å². The maximum atomic E-state index is 11.8. The van der Waals surface area contributed by atoms with Gasteiger partial charge in [0.2, 0.25) is 0 Å². The van der Waals surface area contributed by atoms with Gasteiger partial charge in [-0.05, 0) is 49.9 Å². The number of allylic oxidation sites excluding steroid dienone is 2. The van der Waals surface area contributed by atoms with Gasteiger partial charge in [-0.2, -0.15) is 0 Å². The Kier molecular flexibility index (Phi) is 12.4. The summed E-state index contributed by atoms with van der Waals surface area (Å²) in [5, 5.41) is 9.19. The van der Waals surface area contributed by atoms with Crippen molar-refractivity contribution >= 4 is 5.97 Å². The van der Waals surface area contributed by atoms with Gasteiger partial charge in [0, 0.05) is 0 Å². The molecule has 0 saturated heterocycles. The maximum Gasteiger partial charge on any atom is 0.338 e. The minimum atomic E-state index is -0.313. The van der Waals surface area contributed by atoms with Crippen LogP contribution in [0.1, 0.15) is 87.9 Å². The van der Waals surface area contributed by atoms with E-state index >= 15 is 0 Å². The molecule has 0 saturated carbocycles. The first-order chi connectivity index (χ1) is 12.2. The van der Waals surface area contributed by atoms with Crippen LogP contribution in [-0.2, 0) is 4.74 Å². The normalized spacial score (nSPS) is 11.1. The summed E-state index contributed by atoms with van der Waals surface area (Å²) in [6, 6.07) is 6.16. The van der Waals surface area contributed by atoms with Crippen LogP contribution in [0.2, 0.25) is 0 Å². The molecule has 0 aromatic heterocycles. The van der Waals surface area contributed by atoms with Crippen LogP contribution in [0.25, 0.3) is 0 Å². The highest BCUT2D eigenvalue weighted by Crippen LogP contribution is 2.12. The third kappa shape index (κ3) is 11.4. The first-order valence-corrected chi connectivity index (χ1v) is 9.85. The molecule has 0 aliphatic rings. The molecule has 140 valence electrons. The lowest BCUT2D eigenvalue weighted by Crippen LogP contribution is -2.06. The number of hydrogen-bond donors (Lipinski definition) is 1. The van der Waals surface area contributed by atoms with E-state index in [0.29, 0.717) is 12.2 Å². The van der Waals surface area contributed by atoms with Crippen molar-refractivity contribution in [1.29, 1.82) is 0 Å². The topological polar surface area (TPSA) is 46.5 Å². The number of benzene rings is 1. The van der Waals surface area contributed by atoms with Crippen molar-refractivity contribution in [3.8, 4) is 5.75 Å². The van der Waals surface area contributed by atoms with Gasteiger partial charge in [0.1, 0.15) is 5.75 Å². The van der Waals surface area contributed by atoms with Crippen LogP contribution >= 0.6 is 0 Å². The molecule has 0 fully saturated rings. The fourth-order valence-electron chi connectivity index (χ4n) is 2.65. The molecule has 1 aromatic rings. The van der Waals surface area contributed by atoms with Gasteiger partial charge in [0.25, 0.3) is 0 Å². The van der Waals surface area contributed by atoms with Gasteiger partial charge in [-0.15, -0.1) is 0 Å². The van der Waals surface area contributed by atoms with Crippen LogP contribution in [0.3, 0.4) is 0 Å². The zero-order valence-corrected chi connectivity index (χ0v) is 15.7. The number of carbonyl (C=O) groups is 1. The standard InChI is InChI=1S/C22H34O3/c1-2-3-4-5-6-7-8-9-10-11-12-13-14-19-25-22(24)20-15-17-21(23)18-16-20/h5-6,15-18,23H,2-4,7-14,19H2,1H3/b6-5+. The number of phenolic OH excluding ortho intramolecular Hbond substituents is 1. The van der Waals surface area contributed by atoms with E-state index in [1.807, 2.05) is 0 Å². The molecule has 0 spiro atoms. The van der Waals surface area contributed by atoms with E-state index in [1.165, 1.54) is 69.9 Å². The molecule has 1 aromatic carbocycles. The average Bonchev–Trinajstić information content (AvgIpc) is 2.62. The van der Waals surface area contributed by atoms with E-state index in [-0.39, 0.29) is 11.7 Å². The van der Waals surface area contributed by atoms with Crippen LogP contribution in [-0.4, -0.2) is 17.7 Å². The molecular formula is C22H34O3. The number of ether oxygens (including phenoxy) is 1. The predicted molar refractivity (Wildman–Crippen MR) is 104 cm³/mol. The van der Waals surface area contributed by atoms with Gasteiger partial charge < -0.3 is 9.84 Å². The van der Waals surface area contributed by atoms with E-state index in [0.717, 1.165) is 12.8 Å². The molecule has 0 aliphatic heterocycles. The number of hydrogen-bond acceptors (Lipinski definition) is 3. The summed E-state index contributed by atoms with van der Waals surface area (Å²) >= 11 is 0. The smallest absolute Gasteiger partial charge is 0.338 e. The Morgan fingerprint density at radius 3 is 2.08 bits per heavy atom. The minimum absolute atomic E-state index is 0.157. The number of rotatable bonds is 14. The number of phenols is 1. The van der Waals surface area contributed by atoms with Crippen molar-refractivity contribution in [1.82, 2.24) is 0 Å². The molecular weight excluding hydrogens is 312 g/mol. The number of esters is 1. The Balaban J connectivity index is 1.88. The Hall–Kier alpha value is -1.77. The quantitative estimate of drug-likeness (QED) is 0.240. The van der Waals surface area contributed by atoms with Crippen molar-refractivity contribution in [2.24, 2.45) is 0 Å².